The maximum atomic E-state index is 11.1. The van der Waals surface area contributed by atoms with Gasteiger partial charge < -0.3 is 9.11 Å². The van der Waals surface area contributed by atoms with Gasteiger partial charge in [0.2, 0.25) is 12.7 Å². The van der Waals surface area contributed by atoms with Crippen LogP contribution in [0.25, 0.3) is 0 Å². The summed E-state index contributed by atoms with van der Waals surface area (Å²) in [6.45, 7) is 6.61. The number of benzene rings is 3. The Bertz CT molecular complexity index is 1720. The molecule has 13 heteroatoms. The molecule has 5 aromatic rings. The molecular weight excluding hydrogens is 631 g/mol. The molecule has 0 saturated carbocycles. The van der Waals surface area contributed by atoms with Gasteiger partial charge in [0, 0.05) is 0 Å². The minimum Gasteiger partial charge on any atom is -0.744 e. The van der Waals surface area contributed by atoms with Crippen molar-refractivity contribution in [3.63, 3.8) is 0 Å². The van der Waals surface area contributed by atoms with E-state index in [1.807, 2.05) is 44.4 Å². The third kappa shape index (κ3) is 11.3. The topological polar surface area (TPSA) is 132 Å². The third-order valence-electron chi connectivity index (χ3n) is 6.39. The number of hydrogen-bond donors (Lipinski definition) is 0. The number of nitrogens with zero attached hydrogens (tertiary/aromatic N) is 4. The van der Waals surface area contributed by atoms with Crippen LogP contribution in [0.4, 0.5) is 0 Å². The second kappa shape index (κ2) is 16.6. The molecule has 2 aromatic heterocycles. The van der Waals surface area contributed by atoms with E-state index in [0.29, 0.717) is 0 Å². The molecule has 0 N–H and O–H groups in total. The van der Waals surface area contributed by atoms with Gasteiger partial charge in [0.15, 0.2) is 0 Å². The first-order valence-corrected chi connectivity index (χ1v) is 18.5. The lowest BCUT2D eigenvalue weighted by atomic mass is 10.3. The lowest BCUT2D eigenvalue weighted by Crippen LogP contribution is -2.23. The van der Waals surface area contributed by atoms with Crippen molar-refractivity contribution in [1.29, 1.82) is 0 Å². The minimum atomic E-state index is -4.54. The Labute approximate surface area is 267 Å². The van der Waals surface area contributed by atoms with Crippen LogP contribution >= 0.6 is 7.92 Å². The molecule has 10 nitrogen and oxygen atoms in total. The normalized spacial score (nSPS) is 11.4. The van der Waals surface area contributed by atoms with Crippen molar-refractivity contribution >= 4 is 44.1 Å². The monoisotopic (exact) mass is 670 g/mol. The molecule has 240 valence electrons. The average Bonchev–Trinajstić information content (AvgIpc) is 3.61. The van der Waals surface area contributed by atoms with Crippen LogP contribution in [0, 0.1) is 0 Å². The minimum absolute atomic E-state index is 0.318. The zero-order chi connectivity index (χ0) is 33.0. The van der Waals surface area contributed by atoms with Crippen LogP contribution in [-0.2, 0) is 47.4 Å². The molecule has 3 aromatic carbocycles. The van der Waals surface area contributed by atoms with Crippen LogP contribution in [0.15, 0.2) is 126 Å². The summed E-state index contributed by atoms with van der Waals surface area (Å²) in [5.41, 5.74) is 0. The van der Waals surface area contributed by atoms with Crippen LogP contribution in [0.5, 0.6) is 0 Å². The number of imidazole rings is 2. The molecule has 0 atom stereocenters. The summed E-state index contributed by atoms with van der Waals surface area (Å²) in [4.78, 5) is -0.635. The Morgan fingerprint density at radius 2 is 0.956 bits per heavy atom. The van der Waals surface area contributed by atoms with E-state index in [1.54, 1.807) is 24.3 Å². The molecule has 0 amide bonds. The van der Waals surface area contributed by atoms with Gasteiger partial charge in [0.25, 0.3) is 0 Å². The molecular formula is C32H39N4O6PS2. The Hall–Kier alpha value is -3.67. The summed E-state index contributed by atoms with van der Waals surface area (Å²) in [5.74, 6) is 0. The van der Waals surface area contributed by atoms with Gasteiger partial charge in [-0.15, -0.1) is 0 Å². The van der Waals surface area contributed by atoms with Crippen LogP contribution < -0.4 is 25.0 Å². The number of aryl methyl sites for hydroxylation is 4. The first kappa shape index (κ1) is 35.8. The number of aromatic nitrogens is 4. The van der Waals surface area contributed by atoms with Gasteiger partial charge in [-0.2, -0.15) is 0 Å². The van der Waals surface area contributed by atoms with Crippen LogP contribution in [0.3, 0.4) is 0 Å². The quantitative estimate of drug-likeness (QED) is 0.135. The zero-order valence-corrected chi connectivity index (χ0v) is 28.3. The van der Waals surface area contributed by atoms with Crippen molar-refractivity contribution in [2.24, 2.45) is 14.1 Å². The van der Waals surface area contributed by atoms with Gasteiger partial charge in [-0.25, -0.2) is 35.1 Å². The van der Waals surface area contributed by atoms with Crippen LogP contribution in [0.2, 0.25) is 0 Å². The fourth-order valence-corrected chi connectivity index (χ4v) is 7.53. The molecule has 0 unspecified atom stereocenters. The lowest BCUT2D eigenvalue weighted by molar-refractivity contribution is -0.671. The average molecular weight is 671 g/mol. The highest BCUT2D eigenvalue weighted by atomic mass is 32.2. The Balaban J connectivity index is 0.000000248. The van der Waals surface area contributed by atoms with E-state index in [0.717, 1.165) is 29.0 Å². The first-order chi connectivity index (χ1) is 21.3. The summed E-state index contributed by atoms with van der Waals surface area (Å²) >= 11 is 0. The van der Waals surface area contributed by atoms with E-state index in [4.69, 9.17) is 0 Å². The van der Waals surface area contributed by atoms with Crippen molar-refractivity contribution < 1.29 is 35.1 Å². The van der Waals surface area contributed by atoms with E-state index in [1.165, 1.54) is 37.1 Å². The number of hydrogen-bond acceptors (Lipinski definition) is 6. The SMILES string of the molecule is CCCn1cc[n+](C)c1.CCCn1cc[n+](C)c1.O=S(=O)([O-])c1ccc(P(c2ccccc2)c2ccc(S(=O)(=O)[O-])cc2)cc1. The Kier molecular flexibility index (Phi) is 13.2. The molecule has 0 saturated heterocycles. The van der Waals surface area contributed by atoms with Crippen LogP contribution in [0.1, 0.15) is 26.7 Å². The van der Waals surface area contributed by atoms with Gasteiger partial charge in [0.1, 0.15) is 45.0 Å². The largest absolute Gasteiger partial charge is 0.744 e. The fraction of sp³-hybridized carbons (Fsp3) is 0.250. The van der Waals surface area contributed by atoms with Crippen molar-refractivity contribution in [2.45, 2.75) is 49.6 Å². The third-order valence-corrected chi connectivity index (χ3v) is 10.5. The van der Waals surface area contributed by atoms with Gasteiger partial charge in [0.05, 0.1) is 37.0 Å². The molecule has 0 aliphatic carbocycles. The fourth-order valence-electron chi connectivity index (χ4n) is 4.33. The van der Waals surface area contributed by atoms with Crippen molar-refractivity contribution in [3.8, 4) is 0 Å². The molecule has 0 spiro atoms. The summed E-state index contributed by atoms with van der Waals surface area (Å²) in [5, 5.41) is 2.51. The molecule has 0 radical (unpaired) electrons. The zero-order valence-electron chi connectivity index (χ0n) is 25.8. The molecule has 0 fully saturated rings. The highest BCUT2D eigenvalue weighted by molar-refractivity contribution is 7.86. The Morgan fingerprint density at radius 1 is 0.600 bits per heavy atom. The molecule has 2 heterocycles. The molecule has 5 rings (SSSR count). The van der Waals surface area contributed by atoms with E-state index in [2.05, 4.69) is 69.6 Å². The second-order valence-electron chi connectivity index (χ2n) is 10.2. The van der Waals surface area contributed by atoms with E-state index < -0.39 is 28.2 Å². The van der Waals surface area contributed by atoms with Gasteiger partial charge in [-0.3, -0.25) is 0 Å². The summed E-state index contributed by atoms with van der Waals surface area (Å²) < 4.78 is 75.4. The molecule has 0 bridgehead atoms. The lowest BCUT2D eigenvalue weighted by Gasteiger charge is -2.20. The molecule has 0 aliphatic rings. The van der Waals surface area contributed by atoms with Crippen LogP contribution in [-0.4, -0.2) is 35.1 Å². The van der Waals surface area contributed by atoms with Gasteiger partial charge in [-0.1, -0.05) is 68.4 Å². The predicted molar refractivity (Wildman–Crippen MR) is 173 cm³/mol. The first-order valence-electron chi connectivity index (χ1n) is 14.3. The van der Waals surface area contributed by atoms with Gasteiger partial charge >= 0.3 is 0 Å². The maximum absolute atomic E-state index is 11.1. The van der Waals surface area contributed by atoms with E-state index >= 15 is 0 Å². The smallest absolute Gasteiger partial charge is 0.243 e. The standard InChI is InChI=1S/C18H15O6PS2.2C7H13N2/c19-26(20,21)17-10-6-15(7-11-17)25(14-4-2-1-3-5-14)16-8-12-18(13-9-16)27(22,23)24;2*1-3-4-9-6-5-8(2)7-9/h1-13H,(H,19,20,21)(H,22,23,24);2*5-7H,3-4H2,1-2H3/q;2*+1/p-2. The highest BCUT2D eigenvalue weighted by Crippen LogP contribution is 2.33. The number of rotatable bonds is 9. The highest BCUT2D eigenvalue weighted by Gasteiger charge is 2.17. The van der Waals surface area contributed by atoms with Crippen molar-refractivity contribution in [3.05, 3.63) is 116 Å². The second-order valence-corrected chi connectivity index (χ2v) is 15.2. The maximum Gasteiger partial charge on any atom is 0.243 e. The van der Waals surface area contributed by atoms with E-state index in [9.17, 15) is 25.9 Å². The Morgan fingerprint density at radius 3 is 1.24 bits per heavy atom. The van der Waals surface area contributed by atoms with E-state index in [-0.39, 0.29) is 9.79 Å². The van der Waals surface area contributed by atoms with Gasteiger partial charge in [-0.05, 0) is 60.9 Å². The molecule has 0 aliphatic heterocycles. The summed E-state index contributed by atoms with van der Waals surface area (Å²) in [7, 11) is -6.15. The van der Waals surface area contributed by atoms with Crippen molar-refractivity contribution in [1.82, 2.24) is 9.13 Å². The van der Waals surface area contributed by atoms with Crippen molar-refractivity contribution in [2.75, 3.05) is 0 Å². The summed E-state index contributed by atoms with van der Waals surface area (Å²) in [6, 6.07) is 20.7. The molecule has 45 heavy (non-hydrogen) atoms. The predicted octanol–water partition coefficient (Wildman–Crippen LogP) is 2.70. The summed E-state index contributed by atoms with van der Waals surface area (Å²) in [6.07, 6.45) is 14.9.